The number of fused-ring (bicyclic) bond motifs is 1. The number of hydrogen-bond donors (Lipinski definition) is 0. The molecule has 2 amide bonds. The lowest BCUT2D eigenvalue weighted by Crippen LogP contribution is -2.46. The Balaban J connectivity index is 1.58. The minimum absolute atomic E-state index is 0.137. The van der Waals surface area contributed by atoms with Gasteiger partial charge in [0.15, 0.2) is 5.60 Å². The van der Waals surface area contributed by atoms with E-state index >= 15 is 0 Å². The van der Waals surface area contributed by atoms with Gasteiger partial charge >= 0.3 is 5.97 Å². The van der Waals surface area contributed by atoms with Crippen LogP contribution in [0.5, 0.6) is 0 Å². The molecule has 0 N–H and O–H groups in total. The molecule has 4 rings (SSSR count). The molecule has 1 unspecified atom stereocenters. The van der Waals surface area contributed by atoms with Crippen molar-refractivity contribution >= 4 is 17.8 Å². The summed E-state index contributed by atoms with van der Waals surface area (Å²) >= 11 is 0. The molecule has 6 heteroatoms. The fourth-order valence-electron chi connectivity index (χ4n) is 3.27. The van der Waals surface area contributed by atoms with Crippen molar-refractivity contribution in [3.05, 3.63) is 35.4 Å². The maximum absolute atomic E-state index is 12.6. The largest absolute Gasteiger partial charge is 0.364 e. The number of amides is 2. The van der Waals surface area contributed by atoms with Crippen molar-refractivity contribution < 1.29 is 24.0 Å². The van der Waals surface area contributed by atoms with Crippen LogP contribution in [0.4, 0.5) is 0 Å². The Labute approximate surface area is 126 Å². The van der Waals surface area contributed by atoms with Crippen LogP contribution in [0.3, 0.4) is 0 Å². The first-order valence-electron chi connectivity index (χ1n) is 7.48. The number of hydrogen-bond acceptors (Lipinski definition) is 5. The average Bonchev–Trinajstić information content (AvgIpc) is 3.23. The normalized spacial score (nSPS) is 27.2. The highest BCUT2D eigenvalue weighted by Crippen LogP contribution is 2.48. The summed E-state index contributed by atoms with van der Waals surface area (Å²) in [5.74, 6) is -1.68. The number of imide groups is 1. The molecule has 1 aromatic rings. The van der Waals surface area contributed by atoms with Crippen LogP contribution in [0.15, 0.2) is 24.3 Å². The first-order chi connectivity index (χ1) is 10.6. The first-order valence-corrected chi connectivity index (χ1v) is 7.48. The minimum Gasteiger partial charge on any atom is -0.363 e. The maximum Gasteiger partial charge on any atom is 0.364 e. The van der Waals surface area contributed by atoms with E-state index in [0.717, 1.165) is 19.3 Å². The zero-order valence-electron chi connectivity index (χ0n) is 11.9. The summed E-state index contributed by atoms with van der Waals surface area (Å²) in [7, 11) is 0. The van der Waals surface area contributed by atoms with Gasteiger partial charge in [0.1, 0.15) is 0 Å². The average molecular weight is 301 g/mol. The molecule has 2 fully saturated rings. The van der Waals surface area contributed by atoms with E-state index in [0.29, 0.717) is 18.1 Å². The lowest BCUT2D eigenvalue weighted by molar-refractivity contribution is -0.194. The summed E-state index contributed by atoms with van der Waals surface area (Å²) in [4.78, 5) is 42.2. The molecular formula is C16H15NO5. The van der Waals surface area contributed by atoms with Crippen LogP contribution < -0.4 is 0 Å². The summed E-state index contributed by atoms with van der Waals surface area (Å²) in [6, 6.07) is 6.43. The van der Waals surface area contributed by atoms with Gasteiger partial charge in [0.05, 0.1) is 11.1 Å². The zero-order chi connectivity index (χ0) is 15.3. The highest BCUT2D eigenvalue weighted by molar-refractivity contribution is 6.21. The van der Waals surface area contributed by atoms with Gasteiger partial charge < -0.3 is 9.57 Å². The predicted octanol–water partition coefficient (Wildman–Crippen LogP) is 1.70. The molecule has 1 aromatic carbocycles. The van der Waals surface area contributed by atoms with Crippen LogP contribution in [-0.4, -0.2) is 35.1 Å². The number of nitrogens with zero attached hydrogens (tertiary/aromatic N) is 1. The molecule has 6 nitrogen and oxygen atoms in total. The summed E-state index contributed by atoms with van der Waals surface area (Å²) in [5.41, 5.74) is -0.462. The molecule has 2 heterocycles. The van der Waals surface area contributed by atoms with Crippen LogP contribution >= 0.6 is 0 Å². The van der Waals surface area contributed by atoms with Crippen molar-refractivity contribution in [2.75, 3.05) is 6.61 Å². The molecule has 0 aromatic heterocycles. The molecule has 0 bridgehead atoms. The third-order valence-corrected chi connectivity index (χ3v) is 4.57. The van der Waals surface area contributed by atoms with Gasteiger partial charge in [0.2, 0.25) is 0 Å². The number of hydroxylamine groups is 2. The molecule has 1 saturated carbocycles. The smallest absolute Gasteiger partial charge is 0.363 e. The van der Waals surface area contributed by atoms with Gasteiger partial charge in [-0.2, -0.15) is 0 Å². The number of carbonyl (C=O) groups excluding carboxylic acids is 3. The highest BCUT2D eigenvalue weighted by Gasteiger charge is 2.56. The second kappa shape index (κ2) is 4.64. The molecule has 1 saturated heterocycles. The summed E-state index contributed by atoms with van der Waals surface area (Å²) in [6.07, 6.45) is 3.20. The second-order valence-electron chi connectivity index (χ2n) is 5.94. The summed E-state index contributed by atoms with van der Waals surface area (Å²) in [6.45, 7) is 0.508. The van der Waals surface area contributed by atoms with E-state index in [9.17, 15) is 14.4 Å². The second-order valence-corrected chi connectivity index (χ2v) is 5.94. The monoisotopic (exact) mass is 301 g/mol. The van der Waals surface area contributed by atoms with E-state index in [1.54, 1.807) is 24.3 Å². The Bertz CT molecular complexity index is 638. The van der Waals surface area contributed by atoms with Crippen molar-refractivity contribution in [3.8, 4) is 0 Å². The van der Waals surface area contributed by atoms with Crippen molar-refractivity contribution in [2.45, 2.75) is 31.3 Å². The number of rotatable bonds is 3. The van der Waals surface area contributed by atoms with Crippen molar-refractivity contribution in [1.82, 2.24) is 5.06 Å². The van der Waals surface area contributed by atoms with Crippen LogP contribution in [0.2, 0.25) is 0 Å². The van der Waals surface area contributed by atoms with Crippen LogP contribution in [-0.2, 0) is 14.4 Å². The van der Waals surface area contributed by atoms with E-state index in [2.05, 4.69) is 0 Å². The quantitative estimate of drug-likeness (QED) is 0.795. The number of benzene rings is 1. The van der Waals surface area contributed by atoms with Crippen molar-refractivity contribution in [1.29, 1.82) is 0 Å². The van der Waals surface area contributed by atoms with E-state index in [-0.39, 0.29) is 17.0 Å². The Morgan fingerprint density at radius 2 is 1.82 bits per heavy atom. The number of ether oxygens (including phenoxy) is 1. The van der Waals surface area contributed by atoms with Crippen molar-refractivity contribution in [3.63, 3.8) is 0 Å². The van der Waals surface area contributed by atoms with Crippen LogP contribution in [0.1, 0.15) is 46.4 Å². The molecular weight excluding hydrogens is 286 g/mol. The Hall–Kier alpha value is -2.21. The Morgan fingerprint density at radius 1 is 1.18 bits per heavy atom. The third kappa shape index (κ3) is 1.80. The van der Waals surface area contributed by atoms with E-state index in [4.69, 9.17) is 9.57 Å². The topological polar surface area (TPSA) is 72.9 Å². The Kier molecular flexibility index (Phi) is 2.84. The van der Waals surface area contributed by atoms with Gasteiger partial charge in [-0.1, -0.05) is 17.2 Å². The SMILES string of the molecule is O=C1c2ccccc2C(=O)N1OC(=O)C1(C2CC2)CCCO1. The summed E-state index contributed by atoms with van der Waals surface area (Å²) in [5, 5.41) is 0.568. The molecule has 114 valence electrons. The van der Waals surface area contributed by atoms with E-state index < -0.39 is 23.4 Å². The zero-order valence-corrected chi connectivity index (χ0v) is 11.9. The van der Waals surface area contributed by atoms with Crippen molar-refractivity contribution in [2.24, 2.45) is 5.92 Å². The fourth-order valence-corrected chi connectivity index (χ4v) is 3.27. The molecule has 2 aliphatic heterocycles. The lowest BCUT2D eigenvalue weighted by atomic mass is 9.94. The van der Waals surface area contributed by atoms with Crippen LogP contribution in [0, 0.1) is 5.92 Å². The molecule has 0 spiro atoms. The Morgan fingerprint density at radius 3 is 2.32 bits per heavy atom. The highest BCUT2D eigenvalue weighted by atomic mass is 16.7. The fraction of sp³-hybridized carbons (Fsp3) is 0.438. The molecule has 1 aliphatic carbocycles. The summed E-state index contributed by atoms with van der Waals surface area (Å²) < 4.78 is 5.66. The van der Waals surface area contributed by atoms with Crippen LogP contribution in [0.25, 0.3) is 0 Å². The van der Waals surface area contributed by atoms with E-state index in [1.165, 1.54) is 0 Å². The molecule has 1 atom stereocenters. The lowest BCUT2D eigenvalue weighted by Gasteiger charge is -2.27. The van der Waals surface area contributed by atoms with Gasteiger partial charge in [-0.05, 0) is 43.7 Å². The molecule has 3 aliphatic rings. The number of carbonyl (C=O) groups is 3. The van der Waals surface area contributed by atoms with Gasteiger partial charge in [-0.15, -0.1) is 0 Å². The standard InChI is InChI=1S/C16H15NO5/c18-13-11-4-1-2-5-12(11)14(19)17(13)22-15(20)16(10-6-7-10)8-3-9-21-16/h1-2,4-5,10H,3,6-9H2. The molecule has 0 radical (unpaired) electrons. The predicted molar refractivity (Wildman–Crippen MR) is 73.7 cm³/mol. The van der Waals surface area contributed by atoms with E-state index in [1.807, 2.05) is 0 Å². The third-order valence-electron chi connectivity index (χ3n) is 4.57. The minimum atomic E-state index is -0.977. The molecule has 22 heavy (non-hydrogen) atoms. The van der Waals surface area contributed by atoms with Gasteiger partial charge in [-0.3, -0.25) is 9.59 Å². The van der Waals surface area contributed by atoms with Gasteiger partial charge in [0, 0.05) is 6.61 Å². The first kappa shape index (κ1) is 13.5. The van der Waals surface area contributed by atoms with Gasteiger partial charge in [-0.25, -0.2) is 4.79 Å². The maximum atomic E-state index is 12.6. The van der Waals surface area contributed by atoms with Gasteiger partial charge in [0.25, 0.3) is 11.8 Å².